The first-order chi connectivity index (χ1) is 8.44. The third-order valence-corrected chi connectivity index (χ3v) is 3.22. The predicted octanol–water partition coefficient (Wildman–Crippen LogP) is 0.666. The lowest BCUT2D eigenvalue weighted by Crippen LogP contribution is -2.49. The molecule has 0 bridgehead atoms. The standard InChI is InChI=1S/C13H24N2O3/c1-13(2,7-9-16)14-11(17)10-15-8-5-3-4-6-12(15)18/h16H,3-10H2,1-2H3,(H,14,17). The number of carbonyl (C=O) groups is 2. The van der Waals surface area contributed by atoms with Crippen molar-refractivity contribution in [1.82, 2.24) is 10.2 Å². The first-order valence-electron chi connectivity index (χ1n) is 6.64. The monoisotopic (exact) mass is 256 g/mol. The van der Waals surface area contributed by atoms with Crippen LogP contribution in [0.5, 0.6) is 0 Å². The van der Waals surface area contributed by atoms with Gasteiger partial charge in [0.15, 0.2) is 0 Å². The van der Waals surface area contributed by atoms with Crippen LogP contribution in [0.15, 0.2) is 0 Å². The largest absolute Gasteiger partial charge is 0.396 e. The van der Waals surface area contributed by atoms with Crippen molar-refractivity contribution in [3.8, 4) is 0 Å². The van der Waals surface area contributed by atoms with Crippen molar-refractivity contribution in [3.63, 3.8) is 0 Å². The molecule has 0 atom stereocenters. The van der Waals surface area contributed by atoms with E-state index >= 15 is 0 Å². The fourth-order valence-corrected chi connectivity index (χ4v) is 2.14. The summed E-state index contributed by atoms with van der Waals surface area (Å²) in [7, 11) is 0. The maximum absolute atomic E-state index is 11.9. The summed E-state index contributed by atoms with van der Waals surface area (Å²) in [5.41, 5.74) is -0.430. The Balaban J connectivity index is 2.45. The highest BCUT2D eigenvalue weighted by Crippen LogP contribution is 2.11. The smallest absolute Gasteiger partial charge is 0.240 e. The van der Waals surface area contributed by atoms with Gasteiger partial charge in [-0.2, -0.15) is 0 Å². The molecule has 18 heavy (non-hydrogen) atoms. The Hall–Kier alpha value is -1.10. The van der Waals surface area contributed by atoms with Crippen LogP contribution >= 0.6 is 0 Å². The molecule has 1 aliphatic rings. The summed E-state index contributed by atoms with van der Waals surface area (Å²) in [6.07, 6.45) is 4.01. The molecule has 2 amide bonds. The van der Waals surface area contributed by atoms with E-state index in [1.807, 2.05) is 13.8 Å². The highest BCUT2D eigenvalue weighted by Gasteiger charge is 2.23. The van der Waals surface area contributed by atoms with E-state index in [2.05, 4.69) is 5.32 Å². The van der Waals surface area contributed by atoms with Crippen LogP contribution in [0.25, 0.3) is 0 Å². The van der Waals surface area contributed by atoms with E-state index in [-0.39, 0.29) is 25.0 Å². The number of hydrogen-bond acceptors (Lipinski definition) is 3. The molecule has 5 nitrogen and oxygen atoms in total. The zero-order chi connectivity index (χ0) is 13.6. The van der Waals surface area contributed by atoms with Crippen LogP contribution < -0.4 is 5.32 Å². The lowest BCUT2D eigenvalue weighted by atomic mass is 10.0. The van der Waals surface area contributed by atoms with E-state index in [0.717, 1.165) is 19.3 Å². The fraction of sp³-hybridized carbons (Fsp3) is 0.846. The second-order valence-electron chi connectivity index (χ2n) is 5.53. The van der Waals surface area contributed by atoms with E-state index < -0.39 is 5.54 Å². The van der Waals surface area contributed by atoms with Gasteiger partial charge in [-0.3, -0.25) is 9.59 Å². The molecule has 1 fully saturated rings. The highest BCUT2D eigenvalue weighted by molar-refractivity contribution is 5.85. The normalized spacial score (nSPS) is 17.5. The van der Waals surface area contributed by atoms with Crippen LogP contribution in [-0.4, -0.2) is 47.1 Å². The minimum atomic E-state index is -0.430. The molecular weight excluding hydrogens is 232 g/mol. The average molecular weight is 256 g/mol. The minimum Gasteiger partial charge on any atom is -0.396 e. The average Bonchev–Trinajstić information content (AvgIpc) is 2.43. The fourth-order valence-electron chi connectivity index (χ4n) is 2.14. The molecule has 0 aromatic heterocycles. The third kappa shape index (κ3) is 5.04. The molecule has 0 unspecified atom stereocenters. The minimum absolute atomic E-state index is 0.0376. The quantitative estimate of drug-likeness (QED) is 0.759. The van der Waals surface area contributed by atoms with Crippen LogP contribution in [0.1, 0.15) is 46.0 Å². The van der Waals surface area contributed by atoms with Gasteiger partial charge in [0.25, 0.3) is 0 Å². The van der Waals surface area contributed by atoms with Gasteiger partial charge in [-0.25, -0.2) is 0 Å². The van der Waals surface area contributed by atoms with Gasteiger partial charge in [-0.1, -0.05) is 6.42 Å². The van der Waals surface area contributed by atoms with Crippen molar-refractivity contribution in [2.45, 2.75) is 51.5 Å². The molecular formula is C13H24N2O3. The first kappa shape index (κ1) is 15.0. The molecule has 1 saturated heterocycles. The predicted molar refractivity (Wildman–Crippen MR) is 69.0 cm³/mol. The molecule has 104 valence electrons. The second kappa shape index (κ2) is 6.73. The molecule has 0 aromatic rings. The molecule has 2 N–H and O–H groups in total. The Bertz CT molecular complexity index is 303. The molecule has 0 spiro atoms. The van der Waals surface area contributed by atoms with Gasteiger partial charge < -0.3 is 15.3 Å². The molecule has 1 heterocycles. The number of carbonyl (C=O) groups excluding carboxylic acids is 2. The SMILES string of the molecule is CC(C)(CCO)NC(=O)CN1CCCCCC1=O. The second-order valence-corrected chi connectivity index (χ2v) is 5.53. The van der Waals surface area contributed by atoms with Crippen LogP contribution in [0.4, 0.5) is 0 Å². The zero-order valence-corrected chi connectivity index (χ0v) is 11.4. The summed E-state index contributed by atoms with van der Waals surface area (Å²) >= 11 is 0. The molecule has 1 rings (SSSR count). The maximum atomic E-state index is 11.9. The Kier molecular flexibility index (Phi) is 5.59. The molecule has 0 radical (unpaired) electrons. The Morgan fingerprint density at radius 3 is 2.78 bits per heavy atom. The molecule has 0 saturated carbocycles. The Morgan fingerprint density at radius 1 is 1.39 bits per heavy atom. The van der Waals surface area contributed by atoms with Crippen LogP contribution in [-0.2, 0) is 9.59 Å². The summed E-state index contributed by atoms with van der Waals surface area (Å²) in [6.45, 7) is 4.58. The van der Waals surface area contributed by atoms with Crippen LogP contribution in [0.3, 0.4) is 0 Å². The van der Waals surface area contributed by atoms with Gasteiger partial charge in [0.1, 0.15) is 0 Å². The third-order valence-electron chi connectivity index (χ3n) is 3.22. The van der Waals surface area contributed by atoms with Crippen molar-refractivity contribution in [2.24, 2.45) is 0 Å². The van der Waals surface area contributed by atoms with Crippen LogP contribution in [0.2, 0.25) is 0 Å². The number of aliphatic hydroxyl groups excluding tert-OH is 1. The number of nitrogens with one attached hydrogen (secondary N) is 1. The van der Waals surface area contributed by atoms with E-state index in [9.17, 15) is 9.59 Å². The summed E-state index contributed by atoms with van der Waals surface area (Å²) in [5, 5.41) is 11.8. The summed E-state index contributed by atoms with van der Waals surface area (Å²) < 4.78 is 0. The number of hydrogen-bond donors (Lipinski definition) is 2. The maximum Gasteiger partial charge on any atom is 0.240 e. The van der Waals surface area contributed by atoms with E-state index in [4.69, 9.17) is 5.11 Å². The van der Waals surface area contributed by atoms with Gasteiger partial charge in [0, 0.05) is 25.1 Å². The Morgan fingerprint density at radius 2 is 2.11 bits per heavy atom. The molecule has 1 aliphatic heterocycles. The van der Waals surface area contributed by atoms with Crippen molar-refractivity contribution in [1.29, 1.82) is 0 Å². The highest BCUT2D eigenvalue weighted by atomic mass is 16.3. The number of nitrogens with zero attached hydrogens (tertiary/aromatic N) is 1. The van der Waals surface area contributed by atoms with E-state index in [0.29, 0.717) is 19.4 Å². The Labute approximate surface area is 109 Å². The van der Waals surface area contributed by atoms with Crippen molar-refractivity contribution in [3.05, 3.63) is 0 Å². The van der Waals surface area contributed by atoms with Crippen molar-refractivity contribution in [2.75, 3.05) is 19.7 Å². The summed E-state index contributed by atoms with van der Waals surface area (Å²) in [5.74, 6) is -0.0775. The van der Waals surface area contributed by atoms with Gasteiger partial charge >= 0.3 is 0 Å². The van der Waals surface area contributed by atoms with Crippen LogP contribution in [0, 0.1) is 0 Å². The number of amides is 2. The molecule has 0 aliphatic carbocycles. The number of likely N-dealkylation sites (tertiary alicyclic amines) is 1. The first-order valence-corrected chi connectivity index (χ1v) is 6.64. The topological polar surface area (TPSA) is 69.6 Å². The van der Waals surface area contributed by atoms with Gasteiger partial charge in [-0.05, 0) is 33.1 Å². The number of aliphatic hydroxyl groups is 1. The lowest BCUT2D eigenvalue weighted by molar-refractivity contribution is -0.136. The number of rotatable bonds is 5. The van der Waals surface area contributed by atoms with Gasteiger partial charge in [-0.15, -0.1) is 0 Å². The van der Waals surface area contributed by atoms with Gasteiger partial charge in [0.05, 0.1) is 6.54 Å². The van der Waals surface area contributed by atoms with E-state index in [1.54, 1.807) is 4.90 Å². The van der Waals surface area contributed by atoms with Crippen molar-refractivity contribution >= 4 is 11.8 Å². The summed E-state index contributed by atoms with van der Waals surface area (Å²) in [4.78, 5) is 25.3. The van der Waals surface area contributed by atoms with Crippen molar-refractivity contribution < 1.29 is 14.7 Å². The van der Waals surface area contributed by atoms with Gasteiger partial charge in [0.2, 0.25) is 11.8 Å². The summed E-state index contributed by atoms with van der Waals surface area (Å²) in [6, 6.07) is 0. The lowest BCUT2D eigenvalue weighted by Gasteiger charge is -2.27. The molecule has 5 heteroatoms. The van der Waals surface area contributed by atoms with E-state index in [1.165, 1.54) is 0 Å². The zero-order valence-electron chi connectivity index (χ0n) is 11.4. The molecule has 0 aromatic carbocycles.